The van der Waals surface area contributed by atoms with Crippen LogP contribution in [0.1, 0.15) is 12.8 Å². The van der Waals surface area contributed by atoms with Gasteiger partial charge in [0, 0.05) is 33.9 Å². The van der Waals surface area contributed by atoms with Crippen molar-refractivity contribution in [1.29, 1.82) is 0 Å². The van der Waals surface area contributed by atoms with Gasteiger partial charge in [-0.05, 0) is 70.4 Å². The van der Waals surface area contributed by atoms with E-state index in [0.717, 1.165) is 69.3 Å². The minimum atomic E-state index is 0.0655. The Hall–Kier alpha value is -5.74. The molecular weight excluding hydrogens is 561 g/mol. The Morgan fingerprint density at radius 2 is 1.28 bits per heavy atom. The van der Waals surface area contributed by atoms with E-state index in [4.69, 9.17) is 9.47 Å². The number of para-hydroxylation sites is 3. The lowest BCUT2D eigenvalue weighted by atomic mass is 9.33. The number of benzene rings is 6. The minimum absolute atomic E-state index is 0.0655. The molecule has 1 aliphatic carbocycles. The van der Waals surface area contributed by atoms with E-state index < -0.39 is 0 Å². The van der Waals surface area contributed by atoms with Crippen LogP contribution in [-0.2, 0) is 0 Å². The molecule has 46 heavy (non-hydrogen) atoms. The SMILES string of the molecule is C1=CC2=C(CC1)Oc1cc(-c3ccccc3)cc3c1B2c1cccc(-c2ccc(-n4c5ccccc5c5ccccc54)cc2)c1O3. The van der Waals surface area contributed by atoms with Crippen molar-refractivity contribution in [2.45, 2.75) is 12.8 Å². The number of fused-ring (bicyclic) bond motifs is 6. The molecule has 3 heterocycles. The molecule has 1 aromatic heterocycles. The van der Waals surface area contributed by atoms with Gasteiger partial charge in [-0.25, -0.2) is 0 Å². The molecule has 0 saturated heterocycles. The molecule has 2 aliphatic heterocycles. The Morgan fingerprint density at radius 1 is 0.587 bits per heavy atom. The zero-order chi connectivity index (χ0) is 30.2. The van der Waals surface area contributed by atoms with E-state index in [1.807, 2.05) is 0 Å². The van der Waals surface area contributed by atoms with Gasteiger partial charge in [-0.1, -0.05) is 109 Å². The van der Waals surface area contributed by atoms with Crippen LogP contribution >= 0.6 is 0 Å². The van der Waals surface area contributed by atoms with E-state index in [-0.39, 0.29) is 6.71 Å². The summed E-state index contributed by atoms with van der Waals surface area (Å²) in [6, 6.07) is 47.7. The second-order valence-corrected chi connectivity index (χ2v) is 12.3. The first-order valence-electron chi connectivity index (χ1n) is 16.0. The van der Waals surface area contributed by atoms with Gasteiger partial charge in [-0.2, -0.15) is 0 Å². The maximum absolute atomic E-state index is 6.94. The fraction of sp³-hybridized carbons (Fsp3) is 0.0476. The Kier molecular flexibility index (Phi) is 5.50. The lowest BCUT2D eigenvalue weighted by Crippen LogP contribution is -2.51. The Morgan fingerprint density at radius 3 is 2.04 bits per heavy atom. The van der Waals surface area contributed by atoms with Crippen LogP contribution in [0.15, 0.2) is 157 Å². The van der Waals surface area contributed by atoms with Gasteiger partial charge in [-0.3, -0.25) is 0 Å². The summed E-state index contributed by atoms with van der Waals surface area (Å²) < 4.78 is 15.9. The van der Waals surface area contributed by atoms with E-state index in [2.05, 4.69) is 150 Å². The number of hydrogen-bond donors (Lipinski definition) is 0. The molecular formula is C42H28BNO2. The highest BCUT2D eigenvalue weighted by Gasteiger charge is 2.42. The Labute approximate surface area is 267 Å². The van der Waals surface area contributed by atoms with Gasteiger partial charge in [0.1, 0.15) is 17.2 Å². The van der Waals surface area contributed by atoms with Crippen molar-refractivity contribution in [3.63, 3.8) is 0 Å². The van der Waals surface area contributed by atoms with Gasteiger partial charge >= 0.3 is 0 Å². The summed E-state index contributed by atoms with van der Waals surface area (Å²) in [6.07, 6.45) is 6.45. The van der Waals surface area contributed by atoms with Crippen LogP contribution in [0, 0.1) is 0 Å². The molecule has 4 heteroatoms. The van der Waals surface area contributed by atoms with Gasteiger partial charge < -0.3 is 14.0 Å². The topological polar surface area (TPSA) is 23.4 Å². The van der Waals surface area contributed by atoms with Gasteiger partial charge in [0.15, 0.2) is 0 Å². The first kappa shape index (κ1) is 25.6. The molecule has 216 valence electrons. The van der Waals surface area contributed by atoms with E-state index >= 15 is 0 Å². The molecule has 0 fully saturated rings. The normalized spacial score (nSPS) is 14.5. The smallest absolute Gasteiger partial charge is 0.260 e. The molecule has 7 aromatic rings. The molecule has 6 aromatic carbocycles. The second kappa shape index (κ2) is 9.88. The van der Waals surface area contributed by atoms with Crippen molar-refractivity contribution in [1.82, 2.24) is 4.57 Å². The lowest BCUT2D eigenvalue weighted by molar-refractivity contribution is 0.396. The Bertz CT molecular complexity index is 2360. The summed E-state index contributed by atoms with van der Waals surface area (Å²) in [7, 11) is 0. The minimum Gasteiger partial charge on any atom is -0.463 e. The third-order valence-electron chi connectivity index (χ3n) is 9.79. The highest BCUT2D eigenvalue weighted by atomic mass is 16.5. The Balaban J connectivity index is 1.13. The third kappa shape index (κ3) is 3.74. The second-order valence-electron chi connectivity index (χ2n) is 12.3. The highest BCUT2D eigenvalue weighted by molar-refractivity contribution is 6.94. The zero-order valence-corrected chi connectivity index (χ0v) is 25.1. The van der Waals surface area contributed by atoms with Crippen molar-refractivity contribution < 1.29 is 9.47 Å². The van der Waals surface area contributed by atoms with Crippen LogP contribution in [0.3, 0.4) is 0 Å². The highest BCUT2D eigenvalue weighted by Crippen LogP contribution is 2.43. The quantitative estimate of drug-likeness (QED) is 0.192. The molecule has 0 radical (unpaired) electrons. The largest absolute Gasteiger partial charge is 0.463 e. The standard InChI is InChI=1S/C42H28BNO2/c1-2-11-27(12-3-1)29-25-39-41-40(26-29)46-42-31(15-10-17-35(42)43(41)34-16-6-9-20-38(34)45-39)28-21-23-30(24-22-28)44-36-18-7-4-13-32(36)33-14-5-8-19-37(33)44/h1-8,10-19,21-26H,9,20H2. The van der Waals surface area contributed by atoms with Crippen LogP contribution in [0.5, 0.6) is 17.2 Å². The van der Waals surface area contributed by atoms with Gasteiger partial charge in [0.05, 0.1) is 16.8 Å². The molecule has 0 saturated carbocycles. The van der Waals surface area contributed by atoms with Crippen molar-refractivity contribution in [3.05, 3.63) is 157 Å². The molecule has 0 N–H and O–H groups in total. The van der Waals surface area contributed by atoms with Crippen molar-refractivity contribution >= 4 is 39.4 Å². The average Bonchev–Trinajstić information content (AvgIpc) is 3.46. The molecule has 10 rings (SSSR count). The molecule has 3 aliphatic rings. The predicted molar refractivity (Wildman–Crippen MR) is 189 cm³/mol. The van der Waals surface area contributed by atoms with Gasteiger partial charge in [0.2, 0.25) is 0 Å². The van der Waals surface area contributed by atoms with Crippen LogP contribution in [0.25, 0.3) is 49.7 Å². The molecule has 3 nitrogen and oxygen atoms in total. The number of ether oxygens (including phenoxy) is 2. The maximum atomic E-state index is 6.94. The molecule has 0 spiro atoms. The summed E-state index contributed by atoms with van der Waals surface area (Å²) in [5.41, 5.74) is 11.6. The number of nitrogens with zero attached hydrogens (tertiary/aromatic N) is 1. The van der Waals surface area contributed by atoms with E-state index in [1.165, 1.54) is 32.7 Å². The van der Waals surface area contributed by atoms with Crippen LogP contribution in [0.4, 0.5) is 0 Å². The van der Waals surface area contributed by atoms with Crippen molar-refractivity contribution in [2.24, 2.45) is 0 Å². The first-order chi connectivity index (χ1) is 22.8. The molecule has 0 atom stereocenters. The summed E-state index contributed by atoms with van der Waals surface area (Å²) in [4.78, 5) is 0. The number of allylic oxidation sites excluding steroid dienone is 4. The summed E-state index contributed by atoms with van der Waals surface area (Å²) in [5, 5.41) is 2.53. The number of hydrogen-bond acceptors (Lipinski definition) is 2. The predicted octanol–water partition coefficient (Wildman–Crippen LogP) is 9.37. The lowest BCUT2D eigenvalue weighted by Gasteiger charge is -2.35. The zero-order valence-electron chi connectivity index (χ0n) is 25.1. The molecule has 0 amide bonds. The molecule has 0 bridgehead atoms. The van der Waals surface area contributed by atoms with Crippen LogP contribution in [0.2, 0.25) is 0 Å². The van der Waals surface area contributed by atoms with Gasteiger partial charge in [-0.15, -0.1) is 0 Å². The fourth-order valence-corrected chi connectivity index (χ4v) is 7.72. The third-order valence-corrected chi connectivity index (χ3v) is 9.79. The average molecular weight is 590 g/mol. The summed E-state index contributed by atoms with van der Waals surface area (Å²) in [6.45, 7) is 0.0655. The van der Waals surface area contributed by atoms with Crippen LogP contribution in [-0.4, -0.2) is 11.3 Å². The number of aromatic nitrogens is 1. The molecule has 0 unspecified atom stereocenters. The fourth-order valence-electron chi connectivity index (χ4n) is 7.72. The van der Waals surface area contributed by atoms with E-state index in [0.29, 0.717) is 0 Å². The number of rotatable bonds is 3. The van der Waals surface area contributed by atoms with E-state index in [1.54, 1.807) is 0 Å². The maximum Gasteiger partial charge on any atom is 0.260 e. The first-order valence-corrected chi connectivity index (χ1v) is 16.0. The van der Waals surface area contributed by atoms with E-state index in [9.17, 15) is 0 Å². The van der Waals surface area contributed by atoms with Gasteiger partial charge in [0.25, 0.3) is 6.71 Å². The van der Waals surface area contributed by atoms with Crippen molar-refractivity contribution in [3.8, 4) is 45.2 Å². The monoisotopic (exact) mass is 589 g/mol. The van der Waals surface area contributed by atoms with Crippen molar-refractivity contribution in [2.75, 3.05) is 0 Å². The van der Waals surface area contributed by atoms with Crippen LogP contribution < -0.4 is 20.4 Å². The summed E-state index contributed by atoms with van der Waals surface area (Å²) >= 11 is 0. The summed E-state index contributed by atoms with van der Waals surface area (Å²) in [5.74, 6) is 3.77.